The van der Waals surface area contributed by atoms with Crippen LogP contribution in [0.3, 0.4) is 0 Å². The van der Waals surface area contributed by atoms with E-state index in [9.17, 15) is 14.7 Å². The number of fused-ring (bicyclic) bond motifs is 1. The SMILES string of the molecule is CCCOc1ccc(/C(O)=C2/C(=O)C(=O)N(CCc3cn(C)c4ccccc34)C2c2cccs2)cc1C. The summed E-state index contributed by atoms with van der Waals surface area (Å²) in [6.45, 7) is 4.91. The third-order valence-electron chi connectivity index (χ3n) is 6.86. The maximum Gasteiger partial charge on any atom is 0.295 e. The van der Waals surface area contributed by atoms with E-state index in [-0.39, 0.29) is 11.3 Å². The van der Waals surface area contributed by atoms with Gasteiger partial charge in [0.05, 0.1) is 18.2 Å². The van der Waals surface area contributed by atoms with Crippen LogP contribution in [0.15, 0.2) is 71.7 Å². The van der Waals surface area contributed by atoms with Gasteiger partial charge in [0.25, 0.3) is 11.7 Å². The summed E-state index contributed by atoms with van der Waals surface area (Å²) in [7, 11) is 2.00. The van der Waals surface area contributed by atoms with Crippen LogP contribution in [0.2, 0.25) is 0 Å². The second-order valence-electron chi connectivity index (χ2n) is 9.37. The first-order valence-electron chi connectivity index (χ1n) is 12.5. The zero-order valence-electron chi connectivity index (χ0n) is 21.2. The van der Waals surface area contributed by atoms with Crippen molar-refractivity contribution >= 4 is 39.7 Å². The summed E-state index contributed by atoms with van der Waals surface area (Å²) in [4.78, 5) is 29.1. The highest BCUT2D eigenvalue weighted by molar-refractivity contribution is 7.10. The molecular formula is C30H30N2O4S. The first-order valence-corrected chi connectivity index (χ1v) is 13.4. The second kappa shape index (κ2) is 10.3. The molecule has 4 aromatic rings. The van der Waals surface area contributed by atoms with E-state index in [2.05, 4.69) is 22.9 Å². The molecular weight excluding hydrogens is 484 g/mol. The Morgan fingerprint density at radius 3 is 2.65 bits per heavy atom. The lowest BCUT2D eigenvalue weighted by molar-refractivity contribution is -0.139. The topological polar surface area (TPSA) is 71.8 Å². The summed E-state index contributed by atoms with van der Waals surface area (Å²) in [5.41, 5.74) is 3.72. The van der Waals surface area contributed by atoms with E-state index in [4.69, 9.17) is 4.74 Å². The molecule has 37 heavy (non-hydrogen) atoms. The van der Waals surface area contributed by atoms with Gasteiger partial charge in [-0.2, -0.15) is 0 Å². The number of hydrogen-bond acceptors (Lipinski definition) is 5. The van der Waals surface area contributed by atoms with Crippen LogP contribution in [0, 0.1) is 6.92 Å². The molecule has 0 saturated carbocycles. The zero-order chi connectivity index (χ0) is 26.1. The van der Waals surface area contributed by atoms with Gasteiger partial charge in [0, 0.05) is 41.1 Å². The number of ketones is 1. The predicted molar refractivity (Wildman–Crippen MR) is 147 cm³/mol. The number of aliphatic hydroxyl groups is 1. The van der Waals surface area contributed by atoms with E-state index in [1.54, 1.807) is 23.1 Å². The fourth-order valence-corrected chi connectivity index (χ4v) is 5.89. The summed E-state index contributed by atoms with van der Waals surface area (Å²) in [5.74, 6) is -0.657. The van der Waals surface area contributed by atoms with Crippen LogP contribution < -0.4 is 4.74 Å². The number of aryl methyl sites for hydroxylation is 2. The molecule has 1 aliphatic heterocycles. The number of carbonyl (C=O) groups excluding carboxylic acids is 2. The lowest BCUT2D eigenvalue weighted by Crippen LogP contribution is -2.31. The molecule has 1 saturated heterocycles. The number of aliphatic hydroxyl groups excluding tert-OH is 1. The third-order valence-corrected chi connectivity index (χ3v) is 7.79. The number of rotatable bonds is 8. The molecule has 0 radical (unpaired) electrons. The Morgan fingerprint density at radius 1 is 1.11 bits per heavy atom. The molecule has 1 fully saturated rings. The van der Waals surface area contributed by atoms with E-state index >= 15 is 0 Å². The fraction of sp³-hybridized carbons (Fsp3) is 0.267. The number of Topliss-reactive ketones (excluding diaryl/α,β-unsaturated/α-hetero) is 1. The first-order chi connectivity index (χ1) is 17.9. The molecule has 1 amide bonds. The maximum absolute atomic E-state index is 13.3. The molecule has 1 N–H and O–H groups in total. The van der Waals surface area contributed by atoms with Crippen LogP contribution in [-0.2, 0) is 23.1 Å². The van der Waals surface area contributed by atoms with Crippen LogP contribution in [0.1, 0.15) is 41.0 Å². The molecule has 1 atom stereocenters. The average molecular weight is 515 g/mol. The Kier molecular flexibility index (Phi) is 6.89. The van der Waals surface area contributed by atoms with Crippen molar-refractivity contribution in [1.29, 1.82) is 0 Å². The highest BCUT2D eigenvalue weighted by Gasteiger charge is 2.46. The Morgan fingerprint density at radius 2 is 1.92 bits per heavy atom. The smallest absolute Gasteiger partial charge is 0.295 e. The van der Waals surface area contributed by atoms with Crippen LogP contribution in [0.5, 0.6) is 5.75 Å². The molecule has 2 aromatic carbocycles. The number of benzene rings is 2. The Balaban J connectivity index is 1.51. The minimum absolute atomic E-state index is 0.131. The molecule has 1 unspecified atom stereocenters. The lowest BCUT2D eigenvalue weighted by atomic mass is 9.98. The van der Waals surface area contributed by atoms with Gasteiger partial charge < -0.3 is 19.3 Å². The standard InChI is InChI=1S/C30H30N2O4S/c1-4-15-36-24-12-11-20(17-19(24)2)28(33)26-27(25-10-7-16-37-25)32(30(35)29(26)34)14-13-21-18-31(3)23-9-6-5-8-22(21)23/h5-12,16-18,27,33H,4,13-15H2,1-3H3/b28-26-. The van der Waals surface area contributed by atoms with Crippen molar-refractivity contribution in [3.8, 4) is 5.75 Å². The number of nitrogens with zero attached hydrogens (tertiary/aromatic N) is 2. The van der Waals surface area contributed by atoms with Crippen LogP contribution in [0.25, 0.3) is 16.7 Å². The van der Waals surface area contributed by atoms with E-state index in [1.165, 1.54) is 11.3 Å². The number of ether oxygens (including phenoxy) is 1. The van der Waals surface area contributed by atoms with Gasteiger partial charge in [-0.15, -0.1) is 11.3 Å². The number of hydrogen-bond donors (Lipinski definition) is 1. The van der Waals surface area contributed by atoms with Gasteiger partial charge in [-0.3, -0.25) is 9.59 Å². The van der Waals surface area contributed by atoms with Gasteiger partial charge in [0.2, 0.25) is 0 Å². The second-order valence-corrected chi connectivity index (χ2v) is 10.3. The zero-order valence-corrected chi connectivity index (χ0v) is 22.0. The average Bonchev–Trinajstić information content (AvgIpc) is 3.60. The van der Waals surface area contributed by atoms with Crippen molar-refractivity contribution in [2.45, 2.75) is 32.7 Å². The van der Waals surface area contributed by atoms with E-state index in [1.807, 2.05) is 50.5 Å². The van der Waals surface area contributed by atoms with Crippen LogP contribution in [0.4, 0.5) is 0 Å². The summed E-state index contributed by atoms with van der Waals surface area (Å²) in [6, 6.07) is 16.7. The monoisotopic (exact) mass is 514 g/mol. The molecule has 0 bridgehead atoms. The van der Waals surface area contributed by atoms with E-state index in [0.717, 1.165) is 39.1 Å². The van der Waals surface area contributed by atoms with Crippen molar-refractivity contribution in [2.75, 3.05) is 13.2 Å². The number of likely N-dealkylation sites (tertiary alicyclic amines) is 1. The van der Waals surface area contributed by atoms with Crippen molar-refractivity contribution in [2.24, 2.45) is 7.05 Å². The molecule has 5 rings (SSSR count). The number of para-hydroxylation sites is 1. The summed E-state index contributed by atoms with van der Waals surface area (Å²) < 4.78 is 7.84. The van der Waals surface area contributed by atoms with Crippen molar-refractivity contribution in [3.63, 3.8) is 0 Å². The van der Waals surface area contributed by atoms with E-state index in [0.29, 0.717) is 25.1 Å². The molecule has 2 aromatic heterocycles. The summed E-state index contributed by atoms with van der Waals surface area (Å²) in [5, 5.41) is 14.4. The molecule has 6 nitrogen and oxygen atoms in total. The third kappa shape index (κ3) is 4.55. The molecule has 190 valence electrons. The quantitative estimate of drug-likeness (QED) is 0.178. The Bertz CT molecular complexity index is 1500. The highest BCUT2D eigenvalue weighted by Crippen LogP contribution is 2.41. The van der Waals surface area contributed by atoms with Crippen molar-refractivity contribution in [3.05, 3.63) is 93.3 Å². The minimum atomic E-state index is -0.655. The van der Waals surface area contributed by atoms with E-state index < -0.39 is 17.7 Å². The molecule has 1 aliphatic rings. The lowest BCUT2D eigenvalue weighted by Gasteiger charge is -2.24. The molecule has 7 heteroatoms. The summed E-state index contributed by atoms with van der Waals surface area (Å²) >= 11 is 1.47. The largest absolute Gasteiger partial charge is 0.507 e. The van der Waals surface area contributed by atoms with Crippen LogP contribution >= 0.6 is 11.3 Å². The van der Waals surface area contributed by atoms with Gasteiger partial charge in [-0.1, -0.05) is 31.2 Å². The van der Waals surface area contributed by atoms with Gasteiger partial charge >= 0.3 is 0 Å². The first kappa shape index (κ1) is 24.8. The number of aromatic nitrogens is 1. The molecule has 0 spiro atoms. The number of amides is 1. The van der Waals surface area contributed by atoms with Gasteiger partial charge in [-0.25, -0.2) is 0 Å². The Hall–Kier alpha value is -3.84. The summed E-state index contributed by atoms with van der Waals surface area (Å²) in [6.07, 6.45) is 3.56. The van der Waals surface area contributed by atoms with Gasteiger partial charge in [0.15, 0.2) is 0 Å². The van der Waals surface area contributed by atoms with Crippen LogP contribution in [-0.4, -0.2) is 39.4 Å². The minimum Gasteiger partial charge on any atom is -0.507 e. The van der Waals surface area contributed by atoms with Gasteiger partial charge in [-0.05, 0) is 66.6 Å². The highest BCUT2D eigenvalue weighted by atomic mass is 32.1. The molecule has 0 aliphatic carbocycles. The fourth-order valence-electron chi connectivity index (χ4n) is 5.05. The van der Waals surface area contributed by atoms with Gasteiger partial charge in [0.1, 0.15) is 11.5 Å². The number of carbonyl (C=O) groups is 2. The maximum atomic E-state index is 13.3. The Labute approximate surface area is 220 Å². The molecule has 3 heterocycles. The normalized spacial score (nSPS) is 17.2. The number of thiophene rings is 1. The van der Waals surface area contributed by atoms with Crippen molar-refractivity contribution in [1.82, 2.24) is 9.47 Å². The van der Waals surface area contributed by atoms with Crippen molar-refractivity contribution < 1.29 is 19.4 Å². The predicted octanol–water partition coefficient (Wildman–Crippen LogP) is 6.00.